The van der Waals surface area contributed by atoms with Crippen molar-refractivity contribution in [3.05, 3.63) is 5.89 Å². The van der Waals surface area contributed by atoms with Crippen LogP contribution in [0.2, 0.25) is 0 Å². The maximum absolute atomic E-state index is 5.39. The third kappa shape index (κ3) is 2.70. The molecular formula is C9H18N4O. The van der Waals surface area contributed by atoms with Crippen LogP contribution in [0.1, 0.15) is 32.6 Å². The van der Waals surface area contributed by atoms with Crippen molar-refractivity contribution in [1.82, 2.24) is 10.2 Å². The second-order valence-electron chi connectivity index (χ2n) is 3.12. The summed E-state index contributed by atoms with van der Waals surface area (Å²) in [6.07, 6.45) is 2.29. The van der Waals surface area contributed by atoms with Crippen molar-refractivity contribution < 1.29 is 4.42 Å². The van der Waals surface area contributed by atoms with E-state index in [1.54, 1.807) is 0 Å². The van der Waals surface area contributed by atoms with Gasteiger partial charge < -0.3 is 15.1 Å². The number of hydrogen-bond acceptors (Lipinski definition) is 5. The molecule has 0 aliphatic carbocycles. The van der Waals surface area contributed by atoms with Gasteiger partial charge in [-0.3, -0.25) is 0 Å². The highest BCUT2D eigenvalue weighted by molar-refractivity contribution is 5.23. The van der Waals surface area contributed by atoms with Gasteiger partial charge in [0.1, 0.15) is 0 Å². The van der Waals surface area contributed by atoms with Crippen LogP contribution in [-0.2, 0) is 6.54 Å². The average molecular weight is 198 g/mol. The molecule has 0 radical (unpaired) electrons. The number of unbranched alkanes of at least 4 members (excludes halogenated alkanes) is 1. The van der Waals surface area contributed by atoms with E-state index in [2.05, 4.69) is 28.9 Å². The molecule has 1 aromatic rings. The van der Waals surface area contributed by atoms with Crippen LogP contribution in [0.4, 0.5) is 6.01 Å². The Morgan fingerprint density at radius 1 is 1.36 bits per heavy atom. The van der Waals surface area contributed by atoms with Crippen LogP contribution in [0, 0.1) is 0 Å². The summed E-state index contributed by atoms with van der Waals surface area (Å²) in [6, 6.07) is 0.585. The fraction of sp³-hybridized carbons (Fsp3) is 0.778. The number of aromatic nitrogens is 2. The van der Waals surface area contributed by atoms with Crippen LogP contribution in [0.5, 0.6) is 0 Å². The minimum absolute atomic E-state index is 0.304. The first-order chi connectivity index (χ1) is 6.81. The molecule has 0 fully saturated rings. The molecule has 0 amide bonds. The predicted octanol–water partition coefficient (Wildman–Crippen LogP) is 1.15. The van der Waals surface area contributed by atoms with Crippen LogP contribution < -0.4 is 10.6 Å². The van der Waals surface area contributed by atoms with Gasteiger partial charge in [0.25, 0.3) is 0 Å². The normalized spacial score (nSPS) is 10.5. The van der Waals surface area contributed by atoms with Crippen LogP contribution in [0.3, 0.4) is 0 Å². The van der Waals surface area contributed by atoms with Gasteiger partial charge in [-0.05, 0) is 13.3 Å². The Balaban J connectivity index is 2.58. The first-order valence-electron chi connectivity index (χ1n) is 5.09. The number of rotatable bonds is 6. The lowest BCUT2D eigenvalue weighted by Gasteiger charge is -2.16. The molecule has 0 saturated heterocycles. The zero-order chi connectivity index (χ0) is 10.4. The monoisotopic (exact) mass is 198 g/mol. The Kier molecular flexibility index (Phi) is 4.39. The fourth-order valence-electron chi connectivity index (χ4n) is 1.19. The van der Waals surface area contributed by atoms with Gasteiger partial charge in [0.2, 0.25) is 5.89 Å². The molecule has 0 aliphatic heterocycles. The second-order valence-corrected chi connectivity index (χ2v) is 3.12. The van der Waals surface area contributed by atoms with Crippen molar-refractivity contribution >= 4 is 6.01 Å². The lowest BCUT2D eigenvalue weighted by atomic mass is 10.3. The summed E-state index contributed by atoms with van der Waals surface area (Å²) < 4.78 is 5.36. The molecule has 14 heavy (non-hydrogen) atoms. The SMILES string of the molecule is CCCCN(CC)c1nnc(CN)o1. The van der Waals surface area contributed by atoms with Gasteiger partial charge in [-0.15, -0.1) is 5.10 Å². The summed E-state index contributed by atoms with van der Waals surface area (Å²) in [4.78, 5) is 2.07. The standard InChI is InChI=1S/C9H18N4O/c1-3-5-6-13(4-2)9-12-11-8(7-10)14-9/h3-7,10H2,1-2H3. The molecule has 2 N–H and O–H groups in total. The lowest BCUT2D eigenvalue weighted by molar-refractivity contribution is 0.484. The van der Waals surface area contributed by atoms with E-state index in [1.807, 2.05) is 0 Å². The molecule has 1 heterocycles. The molecule has 0 spiro atoms. The Bertz CT molecular complexity index is 261. The van der Waals surface area contributed by atoms with E-state index >= 15 is 0 Å². The van der Waals surface area contributed by atoms with E-state index in [0.717, 1.165) is 25.9 Å². The van der Waals surface area contributed by atoms with E-state index in [1.165, 1.54) is 0 Å². The summed E-state index contributed by atoms with van der Waals surface area (Å²) in [6.45, 7) is 6.37. The predicted molar refractivity (Wildman–Crippen MR) is 55.0 cm³/mol. The Hall–Kier alpha value is -1.10. The van der Waals surface area contributed by atoms with Gasteiger partial charge in [-0.25, -0.2) is 0 Å². The first-order valence-corrected chi connectivity index (χ1v) is 5.09. The van der Waals surface area contributed by atoms with Gasteiger partial charge in [0, 0.05) is 13.1 Å². The van der Waals surface area contributed by atoms with E-state index in [0.29, 0.717) is 18.5 Å². The molecular weight excluding hydrogens is 180 g/mol. The highest BCUT2D eigenvalue weighted by Crippen LogP contribution is 2.12. The molecule has 0 atom stereocenters. The molecule has 0 saturated carbocycles. The Morgan fingerprint density at radius 3 is 2.64 bits per heavy atom. The Morgan fingerprint density at radius 2 is 2.14 bits per heavy atom. The average Bonchev–Trinajstić information content (AvgIpc) is 2.68. The van der Waals surface area contributed by atoms with Crippen molar-refractivity contribution in [3.8, 4) is 0 Å². The van der Waals surface area contributed by atoms with Gasteiger partial charge in [-0.2, -0.15) is 0 Å². The molecule has 1 aromatic heterocycles. The number of anilines is 1. The summed E-state index contributed by atoms with van der Waals surface area (Å²) in [5, 5.41) is 7.77. The summed E-state index contributed by atoms with van der Waals surface area (Å²) in [5.74, 6) is 0.495. The smallest absolute Gasteiger partial charge is 0.318 e. The Labute approximate surface area is 84.3 Å². The molecule has 80 valence electrons. The fourth-order valence-corrected chi connectivity index (χ4v) is 1.19. The van der Waals surface area contributed by atoms with E-state index < -0.39 is 0 Å². The zero-order valence-corrected chi connectivity index (χ0v) is 8.86. The van der Waals surface area contributed by atoms with Crippen molar-refractivity contribution in [2.45, 2.75) is 33.2 Å². The van der Waals surface area contributed by atoms with Crippen molar-refractivity contribution in [3.63, 3.8) is 0 Å². The van der Waals surface area contributed by atoms with Crippen molar-refractivity contribution in [2.75, 3.05) is 18.0 Å². The van der Waals surface area contributed by atoms with E-state index in [9.17, 15) is 0 Å². The van der Waals surface area contributed by atoms with Crippen LogP contribution in [0.15, 0.2) is 4.42 Å². The molecule has 5 heteroatoms. The maximum atomic E-state index is 5.39. The van der Waals surface area contributed by atoms with Gasteiger partial charge in [0.05, 0.1) is 6.54 Å². The second kappa shape index (κ2) is 5.59. The molecule has 0 bridgehead atoms. The lowest BCUT2D eigenvalue weighted by Crippen LogP contribution is -2.24. The molecule has 0 aromatic carbocycles. The highest BCUT2D eigenvalue weighted by atomic mass is 16.4. The maximum Gasteiger partial charge on any atom is 0.318 e. The van der Waals surface area contributed by atoms with E-state index in [-0.39, 0.29) is 0 Å². The molecule has 5 nitrogen and oxygen atoms in total. The summed E-state index contributed by atoms with van der Waals surface area (Å²) >= 11 is 0. The molecule has 1 rings (SSSR count). The molecule has 0 unspecified atom stereocenters. The van der Waals surface area contributed by atoms with Crippen LogP contribution in [-0.4, -0.2) is 23.3 Å². The zero-order valence-electron chi connectivity index (χ0n) is 8.86. The summed E-state index contributed by atoms with van der Waals surface area (Å²) in [7, 11) is 0. The van der Waals surface area contributed by atoms with Gasteiger partial charge in [-0.1, -0.05) is 18.4 Å². The van der Waals surface area contributed by atoms with Crippen molar-refractivity contribution in [2.24, 2.45) is 5.73 Å². The first kappa shape index (κ1) is 11.0. The van der Waals surface area contributed by atoms with E-state index in [4.69, 9.17) is 10.2 Å². The van der Waals surface area contributed by atoms with Gasteiger partial charge in [0.15, 0.2) is 0 Å². The number of hydrogen-bond donors (Lipinski definition) is 1. The molecule has 0 aliphatic rings. The quantitative estimate of drug-likeness (QED) is 0.742. The summed E-state index contributed by atoms with van der Waals surface area (Å²) in [5.41, 5.74) is 5.39. The minimum atomic E-state index is 0.304. The number of nitrogens with zero attached hydrogens (tertiary/aromatic N) is 3. The van der Waals surface area contributed by atoms with Crippen molar-refractivity contribution in [1.29, 1.82) is 0 Å². The van der Waals surface area contributed by atoms with Crippen LogP contribution in [0.25, 0.3) is 0 Å². The third-order valence-corrected chi connectivity index (χ3v) is 2.06. The van der Waals surface area contributed by atoms with Gasteiger partial charge >= 0.3 is 6.01 Å². The highest BCUT2D eigenvalue weighted by Gasteiger charge is 2.11. The third-order valence-electron chi connectivity index (χ3n) is 2.06. The topological polar surface area (TPSA) is 68.2 Å². The number of nitrogens with two attached hydrogens (primary N) is 1. The largest absolute Gasteiger partial charge is 0.407 e. The van der Waals surface area contributed by atoms with Crippen LogP contribution >= 0.6 is 0 Å². The minimum Gasteiger partial charge on any atom is -0.407 e.